The molecule has 1 aromatic heterocycles. The SMILES string of the molecule is CSc1nc(NN)cc(NCCCCO)n1. The van der Waals surface area contributed by atoms with Crippen molar-refractivity contribution >= 4 is 23.4 Å². The molecular weight excluding hydrogens is 226 g/mol. The summed E-state index contributed by atoms with van der Waals surface area (Å²) in [5.41, 5.74) is 2.50. The Morgan fingerprint density at radius 3 is 2.75 bits per heavy atom. The first-order valence-electron chi connectivity index (χ1n) is 5.04. The summed E-state index contributed by atoms with van der Waals surface area (Å²) >= 11 is 1.46. The van der Waals surface area contributed by atoms with Crippen LogP contribution in [-0.4, -0.2) is 34.5 Å². The van der Waals surface area contributed by atoms with E-state index in [0.717, 1.165) is 25.2 Å². The maximum atomic E-state index is 8.64. The molecule has 0 aliphatic heterocycles. The number of hydrogen-bond acceptors (Lipinski definition) is 7. The lowest BCUT2D eigenvalue weighted by Gasteiger charge is -2.08. The van der Waals surface area contributed by atoms with Gasteiger partial charge in [-0.2, -0.15) is 0 Å². The highest BCUT2D eigenvalue weighted by Gasteiger charge is 2.02. The molecule has 0 radical (unpaired) electrons. The topological polar surface area (TPSA) is 96.1 Å². The number of nitrogens with one attached hydrogen (secondary N) is 2. The molecule has 90 valence electrons. The fourth-order valence-electron chi connectivity index (χ4n) is 1.13. The van der Waals surface area contributed by atoms with Crippen molar-refractivity contribution in [2.24, 2.45) is 5.84 Å². The quantitative estimate of drug-likeness (QED) is 0.184. The Morgan fingerprint density at radius 2 is 2.12 bits per heavy atom. The van der Waals surface area contributed by atoms with Crippen LogP contribution in [0.2, 0.25) is 0 Å². The summed E-state index contributed by atoms with van der Waals surface area (Å²) in [6.45, 7) is 0.993. The van der Waals surface area contributed by atoms with Crippen LogP contribution in [0.25, 0.3) is 0 Å². The van der Waals surface area contributed by atoms with Gasteiger partial charge in [-0.3, -0.25) is 0 Å². The third-order valence-corrected chi connectivity index (χ3v) is 2.47. The second-order valence-electron chi connectivity index (χ2n) is 3.13. The summed E-state index contributed by atoms with van der Waals surface area (Å²) in [5, 5.41) is 12.5. The highest BCUT2D eigenvalue weighted by Crippen LogP contribution is 2.16. The Kier molecular flexibility index (Phi) is 5.91. The van der Waals surface area contributed by atoms with E-state index in [1.54, 1.807) is 6.07 Å². The fourth-order valence-corrected chi connectivity index (χ4v) is 1.51. The van der Waals surface area contributed by atoms with Crippen molar-refractivity contribution in [2.45, 2.75) is 18.0 Å². The number of nitrogen functional groups attached to an aromatic ring is 1. The van der Waals surface area contributed by atoms with Gasteiger partial charge in [-0.05, 0) is 19.1 Å². The zero-order chi connectivity index (χ0) is 11.8. The average Bonchev–Trinajstić information content (AvgIpc) is 2.34. The molecule has 1 rings (SSSR count). The highest BCUT2D eigenvalue weighted by molar-refractivity contribution is 7.98. The normalized spacial score (nSPS) is 10.2. The smallest absolute Gasteiger partial charge is 0.191 e. The molecule has 16 heavy (non-hydrogen) atoms. The molecule has 5 N–H and O–H groups in total. The molecule has 7 heteroatoms. The van der Waals surface area contributed by atoms with Crippen LogP contribution in [0.3, 0.4) is 0 Å². The van der Waals surface area contributed by atoms with Crippen molar-refractivity contribution in [1.82, 2.24) is 9.97 Å². The van der Waals surface area contributed by atoms with Crippen LogP contribution < -0.4 is 16.6 Å². The predicted molar refractivity (Wildman–Crippen MR) is 66.4 cm³/mol. The predicted octanol–water partition coefficient (Wildman–Crippen LogP) is 0.668. The molecular formula is C9H17N5OS. The van der Waals surface area contributed by atoms with Crippen LogP contribution in [0.15, 0.2) is 11.2 Å². The Labute approximate surface area is 99.0 Å². The van der Waals surface area contributed by atoms with Crippen LogP contribution in [0, 0.1) is 0 Å². The number of anilines is 2. The number of aromatic nitrogens is 2. The highest BCUT2D eigenvalue weighted by atomic mass is 32.2. The molecule has 1 aromatic rings. The van der Waals surface area contributed by atoms with Crippen LogP contribution in [-0.2, 0) is 0 Å². The molecule has 0 spiro atoms. The maximum absolute atomic E-state index is 8.64. The number of nitrogens with two attached hydrogens (primary N) is 1. The fraction of sp³-hybridized carbons (Fsp3) is 0.556. The second kappa shape index (κ2) is 7.26. The van der Waals surface area contributed by atoms with E-state index in [-0.39, 0.29) is 6.61 Å². The third kappa shape index (κ3) is 4.21. The Balaban J connectivity index is 2.57. The van der Waals surface area contributed by atoms with E-state index in [1.807, 2.05) is 6.26 Å². The maximum Gasteiger partial charge on any atom is 0.191 e. The molecule has 0 bridgehead atoms. The van der Waals surface area contributed by atoms with Gasteiger partial charge in [0.25, 0.3) is 0 Å². The minimum atomic E-state index is 0.219. The summed E-state index contributed by atoms with van der Waals surface area (Å²) in [5.74, 6) is 6.64. The van der Waals surface area contributed by atoms with Gasteiger partial charge in [0, 0.05) is 19.2 Å². The van der Waals surface area contributed by atoms with Gasteiger partial charge < -0.3 is 15.8 Å². The lowest BCUT2D eigenvalue weighted by atomic mass is 10.3. The molecule has 0 amide bonds. The number of unbranched alkanes of at least 4 members (excludes halogenated alkanes) is 1. The Morgan fingerprint density at radius 1 is 1.38 bits per heavy atom. The molecule has 6 nitrogen and oxygen atoms in total. The minimum Gasteiger partial charge on any atom is -0.396 e. The van der Waals surface area contributed by atoms with Gasteiger partial charge in [0.05, 0.1) is 0 Å². The molecule has 0 unspecified atom stereocenters. The first-order chi connectivity index (χ1) is 7.80. The molecule has 0 aliphatic carbocycles. The van der Waals surface area contributed by atoms with E-state index < -0.39 is 0 Å². The number of aliphatic hydroxyl groups excluding tert-OH is 1. The van der Waals surface area contributed by atoms with Crippen LogP contribution in [0.1, 0.15) is 12.8 Å². The van der Waals surface area contributed by atoms with Crippen LogP contribution >= 0.6 is 11.8 Å². The summed E-state index contributed by atoms with van der Waals surface area (Å²) < 4.78 is 0. The van der Waals surface area contributed by atoms with Gasteiger partial charge in [0.1, 0.15) is 11.6 Å². The zero-order valence-electron chi connectivity index (χ0n) is 9.23. The van der Waals surface area contributed by atoms with E-state index in [4.69, 9.17) is 10.9 Å². The van der Waals surface area contributed by atoms with E-state index in [2.05, 4.69) is 20.7 Å². The summed E-state index contributed by atoms with van der Waals surface area (Å²) in [6, 6.07) is 1.75. The molecule has 0 saturated carbocycles. The van der Waals surface area contributed by atoms with Crippen molar-refractivity contribution in [2.75, 3.05) is 30.1 Å². The van der Waals surface area contributed by atoms with Crippen molar-refractivity contribution in [1.29, 1.82) is 0 Å². The van der Waals surface area contributed by atoms with Gasteiger partial charge in [0.2, 0.25) is 0 Å². The summed E-state index contributed by atoms with van der Waals surface area (Å²) in [4.78, 5) is 8.43. The molecule has 0 aliphatic rings. The van der Waals surface area contributed by atoms with Crippen molar-refractivity contribution < 1.29 is 5.11 Å². The number of thioether (sulfide) groups is 1. The number of nitrogens with zero attached hydrogens (tertiary/aromatic N) is 2. The summed E-state index contributed by atoms with van der Waals surface area (Å²) in [6.07, 6.45) is 3.60. The zero-order valence-corrected chi connectivity index (χ0v) is 10.0. The number of rotatable bonds is 7. The standard InChI is InChI=1S/C9H17N5OS/c1-16-9-12-7(6-8(13-9)14-10)11-4-2-3-5-15/h6,15H,2-5,10H2,1H3,(H2,11,12,13,14). The van der Waals surface area contributed by atoms with Gasteiger partial charge in [-0.15, -0.1) is 0 Å². The van der Waals surface area contributed by atoms with E-state index in [9.17, 15) is 0 Å². The van der Waals surface area contributed by atoms with Crippen molar-refractivity contribution in [3.8, 4) is 0 Å². The Hall–Kier alpha value is -1.05. The molecule has 0 aromatic carbocycles. The first kappa shape index (κ1) is 13.0. The van der Waals surface area contributed by atoms with Gasteiger partial charge in [-0.1, -0.05) is 11.8 Å². The lowest BCUT2D eigenvalue weighted by Crippen LogP contribution is -2.11. The summed E-state index contributed by atoms with van der Waals surface area (Å²) in [7, 11) is 0. The number of hydrazine groups is 1. The van der Waals surface area contributed by atoms with Gasteiger partial charge in [0.15, 0.2) is 5.16 Å². The number of hydrogen-bond donors (Lipinski definition) is 4. The van der Waals surface area contributed by atoms with E-state index in [1.165, 1.54) is 11.8 Å². The van der Waals surface area contributed by atoms with Gasteiger partial charge >= 0.3 is 0 Å². The molecule has 0 saturated heterocycles. The van der Waals surface area contributed by atoms with Gasteiger partial charge in [-0.25, -0.2) is 15.8 Å². The Bertz CT molecular complexity index is 301. The monoisotopic (exact) mass is 243 g/mol. The van der Waals surface area contributed by atoms with Crippen LogP contribution in [0.5, 0.6) is 0 Å². The largest absolute Gasteiger partial charge is 0.396 e. The molecule has 1 heterocycles. The van der Waals surface area contributed by atoms with E-state index >= 15 is 0 Å². The van der Waals surface area contributed by atoms with Crippen LogP contribution in [0.4, 0.5) is 11.6 Å². The lowest BCUT2D eigenvalue weighted by molar-refractivity contribution is 0.286. The second-order valence-corrected chi connectivity index (χ2v) is 3.90. The average molecular weight is 243 g/mol. The first-order valence-corrected chi connectivity index (χ1v) is 6.27. The molecule has 0 atom stereocenters. The van der Waals surface area contributed by atoms with Crippen molar-refractivity contribution in [3.63, 3.8) is 0 Å². The minimum absolute atomic E-state index is 0.219. The third-order valence-electron chi connectivity index (χ3n) is 1.93. The van der Waals surface area contributed by atoms with Crippen molar-refractivity contribution in [3.05, 3.63) is 6.07 Å². The molecule has 0 fully saturated rings. The number of aliphatic hydroxyl groups is 1. The van der Waals surface area contributed by atoms with E-state index in [0.29, 0.717) is 11.0 Å².